The number of hydrogen-bond acceptors (Lipinski definition) is 5. The van der Waals surface area contributed by atoms with Gasteiger partial charge in [0, 0.05) is 17.8 Å². The Labute approximate surface area is 78.3 Å². The highest BCUT2D eigenvalue weighted by molar-refractivity contribution is 8.03. The molecule has 66 valence electrons. The van der Waals surface area contributed by atoms with Gasteiger partial charge in [0.05, 0.1) is 9.82 Å². The average molecular weight is 195 g/mol. The van der Waals surface area contributed by atoms with E-state index in [0.29, 0.717) is 10.6 Å². The number of nitrogens with zero attached hydrogens (tertiary/aromatic N) is 2. The van der Waals surface area contributed by atoms with Gasteiger partial charge in [-0.25, -0.2) is 0 Å². The summed E-state index contributed by atoms with van der Waals surface area (Å²) in [6, 6.07) is 4.00. The lowest BCUT2D eigenvalue weighted by atomic mass is 10.3. The molecule has 0 heterocycles. The molecule has 0 saturated heterocycles. The predicted molar refractivity (Wildman–Crippen MR) is 49.0 cm³/mol. The molecule has 0 saturated carbocycles. The molecule has 5 nitrogen and oxygen atoms in total. The van der Waals surface area contributed by atoms with E-state index in [-0.39, 0.29) is 5.69 Å². The highest BCUT2D eigenvalue weighted by Crippen LogP contribution is 2.27. The van der Waals surface area contributed by atoms with Gasteiger partial charge in [0.2, 0.25) is 0 Å². The summed E-state index contributed by atoms with van der Waals surface area (Å²) in [4.78, 5) is 10.2. The first-order chi connectivity index (χ1) is 6.15. The van der Waals surface area contributed by atoms with Gasteiger partial charge in [-0.15, -0.1) is 0 Å². The van der Waals surface area contributed by atoms with Crippen molar-refractivity contribution >= 4 is 23.1 Å². The average Bonchev–Trinajstić information content (AvgIpc) is 2.08. The standard InChI is InChI=1S/C7H5N3O2S/c8-4-13-7-3-5(10(11)12)1-2-6(7)9/h1-3H,9H2. The number of thioether (sulfide) groups is 1. The molecule has 0 aromatic heterocycles. The molecule has 0 aliphatic carbocycles. The minimum absolute atomic E-state index is 0.0630. The second-order valence-electron chi connectivity index (χ2n) is 2.17. The third-order valence-electron chi connectivity index (χ3n) is 1.36. The maximum atomic E-state index is 10.3. The van der Waals surface area contributed by atoms with E-state index in [1.807, 2.05) is 0 Å². The van der Waals surface area contributed by atoms with Gasteiger partial charge in [-0.2, -0.15) is 5.26 Å². The molecule has 0 radical (unpaired) electrons. The Kier molecular flexibility index (Phi) is 2.72. The lowest BCUT2D eigenvalue weighted by Gasteiger charge is -1.98. The van der Waals surface area contributed by atoms with E-state index >= 15 is 0 Å². The van der Waals surface area contributed by atoms with Gasteiger partial charge in [-0.05, 0) is 17.8 Å². The molecular formula is C7H5N3O2S. The summed E-state index contributed by atoms with van der Waals surface area (Å²) < 4.78 is 0. The van der Waals surface area contributed by atoms with Crippen LogP contribution >= 0.6 is 11.8 Å². The summed E-state index contributed by atoms with van der Waals surface area (Å²) in [5, 5.41) is 20.5. The van der Waals surface area contributed by atoms with Crippen molar-refractivity contribution in [1.82, 2.24) is 0 Å². The molecule has 0 spiro atoms. The molecule has 1 aromatic rings. The molecule has 6 heteroatoms. The van der Waals surface area contributed by atoms with E-state index in [1.165, 1.54) is 18.2 Å². The molecule has 13 heavy (non-hydrogen) atoms. The normalized spacial score (nSPS) is 9.15. The van der Waals surface area contributed by atoms with E-state index in [4.69, 9.17) is 11.0 Å². The van der Waals surface area contributed by atoms with Crippen molar-refractivity contribution in [1.29, 1.82) is 5.26 Å². The second kappa shape index (κ2) is 3.78. The van der Waals surface area contributed by atoms with Crippen molar-refractivity contribution in [2.24, 2.45) is 0 Å². The van der Waals surface area contributed by atoms with Crippen LogP contribution in [-0.4, -0.2) is 4.92 Å². The number of benzene rings is 1. The quantitative estimate of drug-likeness (QED) is 0.255. The molecule has 0 fully saturated rings. The lowest BCUT2D eigenvalue weighted by molar-refractivity contribution is -0.385. The monoisotopic (exact) mass is 195 g/mol. The Balaban J connectivity index is 3.12. The fourth-order valence-electron chi connectivity index (χ4n) is 0.774. The molecule has 0 atom stereocenters. The van der Waals surface area contributed by atoms with Crippen molar-refractivity contribution in [3.8, 4) is 5.40 Å². The van der Waals surface area contributed by atoms with E-state index < -0.39 is 4.92 Å². The summed E-state index contributed by atoms with van der Waals surface area (Å²) in [5.41, 5.74) is 5.79. The summed E-state index contributed by atoms with van der Waals surface area (Å²) >= 11 is 0.810. The van der Waals surface area contributed by atoms with Crippen LogP contribution in [0.4, 0.5) is 11.4 Å². The Hall–Kier alpha value is -1.74. The molecule has 0 aliphatic heterocycles. The molecule has 1 rings (SSSR count). The number of thiocyanates is 1. The number of nitro groups is 1. The SMILES string of the molecule is N#CSc1cc([N+](=O)[O-])ccc1N. The van der Waals surface area contributed by atoms with Crippen LogP contribution in [0.1, 0.15) is 0 Å². The van der Waals surface area contributed by atoms with Gasteiger partial charge in [0.15, 0.2) is 0 Å². The molecule has 0 aliphatic rings. The number of nitrogens with two attached hydrogens (primary N) is 1. The van der Waals surface area contributed by atoms with Crippen LogP contribution < -0.4 is 5.73 Å². The maximum absolute atomic E-state index is 10.3. The summed E-state index contributed by atoms with van der Waals surface area (Å²) in [6.07, 6.45) is 0. The van der Waals surface area contributed by atoms with Crippen LogP contribution in [0.25, 0.3) is 0 Å². The Morgan fingerprint density at radius 3 is 2.85 bits per heavy atom. The molecular weight excluding hydrogens is 190 g/mol. The predicted octanol–water partition coefficient (Wildman–Crippen LogP) is 1.75. The zero-order chi connectivity index (χ0) is 9.84. The highest BCUT2D eigenvalue weighted by Gasteiger charge is 2.08. The molecule has 1 aromatic carbocycles. The first-order valence-electron chi connectivity index (χ1n) is 3.25. The molecule has 0 unspecified atom stereocenters. The molecule has 2 N–H and O–H groups in total. The number of nitro benzene ring substituents is 1. The zero-order valence-electron chi connectivity index (χ0n) is 6.43. The maximum Gasteiger partial charge on any atom is 0.270 e. The van der Waals surface area contributed by atoms with Gasteiger partial charge in [-0.3, -0.25) is 10.1 Å². The van der Waals surface area contributed by atoms with Gasteiger partial charge in [-0.1, -0.05) is 0 Å². The zero-order valence-corrected chi connectivity index (χ0v) is 7.25. The fourth-order valence-corrected chi connectivity index (χ4v) is 1.24. The Morgan fingerprint density at radius 2 is 2.31 bits per heavy atom. The number of nitriles is 1. The summed E-state index contributed by atoms with van der Waals surface area (Å²) in [6.45, 7) is 0. The third-order valence-corrected chi connectivity index (χ3v) is 2.03. The van der Waals surface area contributed by atoms with Crippen LogP contribution in [0.3, 0.4) is 0 Å². The number of nitrogen functional groups attached to an aromatic ring is 1. The van der Waals surface area contributed by atoms with Crippen LogP contribution in [-0.2, 0) is 0 Å². The van der Waals surface area contributed by atoms with Gasteiger partial charge < -0.3 is 5.73 Å². The van der Waals surface area contributed by atoms with E-state index in [1.54, 1.807) is 5.40 Å². The lowest BCUT2D eigenvalue weighted by Crippen LogP contribution is -1.91. The largest absolute Gasteiger partial charge is 0.398 e. The summed E-state index contributed by atoms with van der Waals surface area (Å²) in [7, 11) is 0. The number of non-ortho nitro benzene ring substituents is 1. The van der Waals surface area contributed by atoms with Gasteiger partial charge in [0.25, 0.3) is 5.69 Å². The van der Waals surface area contributed by atoms with Crippen LogP contribution in [0.5, 0.6) is 0 Å². The number of rotatable bonds is 2. The van der Waals surface area contributed by atoms with Gasteiger partial charge >= 0.3 is 0 Å². The summed E-state index contributed by atoms with van der Waals surface area (Å²) in [5.74, 6) is 0. The smallest absolute Gasteiger partial charge is 0.270 e. The van der Waals surface area contributed by atoms with Crippen molar-refractivity contribution in [2.45, 2.75) is 4.90 Å². The van der Waals surface area contributed by atoms with E-state index in [2.05, 4.69) is 0 Å². The third kappa shape index (κ3) is 2.10. The van der Waals surface area contributed by atoms with E-state index in [0.717, 1.165) is 11.8 Å². The number of anilines is 1. The highest BCUT2D eigenvalue weighted by atomic mass is 32.2. The fraction of sp³-hybridized carbons (Fsp3) is 0. The van der Waals surface area contributed by atoms with Crippen LogP contribution in [0, 0.1) is 20.8 Å². The molecule has 0 bridgehead atoms. The van der Waals surface area contributed by atoms with Crippen molar-refractivity contribution in [3.63, 3.8) is 0 Å². The van der Waals surface area contributed by atoms with Crippen molar-refractivity contribution in [3.05, 3.63) is 28.3 Å². The minimum atomic E-state index is -0.527. The van der Waals surface area contributed by atoms with Crippen LogP contribution in [0.2, 0.25) is 0 Å². The number of hydrogen-bond donors (Lipinski definition) is 1. The Bertz CT molecular complexity index is 386. The second-order valence-corrected chi connectivity index (χ2v) is 3.00. The Morgan fingerprint density at radius 1 is 1.62 bits per heavy atom. The first-order valence-corrected chi connectivity index (χ1v) is 4.06. The topological polar surface area (TPSA) is 92.9 Å². The van der Waals surface area contributed by atoms with Crippen molar-refractivity contribution < 1.29 is 4.92 Å². The van der Waals surface area contributed by atoms with E-state index in [9.17, 15) is 10.1 Å². The van der Waals surface area contributed by atoms with Gasteiger partial charge in [0.1, 0.15) is 5.40 Å². The first kappa shape index (κ1) is 9.35. The minimum Gasteiger partial charge on any atom is -0.398 e. The van der Waals surface area contributed by atoms with Crippen molar-refractivity contribution in [2.75, 3.05) is 5.73 Å². The van der Waals surface area contributed by atoms with Crippen LogP contribution in [0.15, 0.2) is 23.1 Å². The molecule has 0 amide bonds.